The van der Waals surface area contributed by atoms with Gasteiger partial charge in [-0.1, -0.05) is 36.4 Å². The van der Waals surface area contributed by atoms with E-state index in [4.69, 9.17) is 4.74 Å². The van der Waals surface area contributed by atoms with E-state index < -0.39 is 6.10 Å². The van der Waals surface area contributed by atoms with Gasteiger partial charge in [-0.15, -0.1) is 0 Å². The Kier molecular flexibility index (Phi) is 6.44. The summed E-state index contributed by atoms with van der Waals surface area (Å²) in [5, 5.41) is 13.7. The van der Waals surface area contributed by atoms with Gasteiger partial charge in [-0.05, 0) is 56.0 Å². The van der Waals surface area contributed by atoms with Crippen LogP contribution in [0.3, 0.4) is 0 Å². The van der Waals surface area contributed by atoms with Crippen LogP contribution in [0.25, 0.3) is 0 Å². The largest absolute Gasteiger partial charge is 0.488 e. The quantitative estimate of drug-likeness (QED) is 0.756. The monoisotopic (exact) mass is 435 g/mol. The average Bonchev–Trinajstić information content (AvgIpc) is 2.81. The van der Waals surface area contributed by atoms with E-state index in [1.165, 1.54) is 5.56 Å². The summed E-state index contributed by atoms with van der Waals surface area (Å²) in [5.41, 5.74) is 3.36. The van der Waals surface area contributed by atoms with Crippen molar-refractivity contribution in [2.45, 2.75) is 56.9 Å². The Balaban J connectivity index is 1.11. The summed E-state index contributed by atoms with van der Waals surface area (Å²) >= 11 is 0. The van der Waals surface area contributed by atoms with Crippen LogP contribution in [0.5, 0.6) is 5.75 Å². The summed E-state index contributed by atoms with van der Waals surface area (Å²) in [5.74, 6) is 0.774. The number of aliphatic hydroxyl groups is 1. The van der Waals surface area contributed by atoms with E-state index in [9.17, 15) is 9.90 Å². The molecule has 1 amide bonds. The van der Waals surface area contributed by atoms with Crippen molar-refractivity contribution in [1.29, 1.82) is 0 Å². The molecular formula is C26H33N3O3. The first-order valence-electron chi connectivity index (χ1n) is 11.9. The lowest BCUT2D eigenvalue weighted by Gasteiger charge is -2.43. The van der Waals surface area contributed by atoms with E-state index >= 15 is 0 Å². The summed E-state index contributed by atoms with van der Waals surface area (Å²) < 4.78 is 6.15. The Hall–Kier alpha value is -2.41. The number of aliphatic hydroxyl groups excluding tert-OH is 1. The summed E-state index contributed by atoms with van der Waals surface area (Å²) in [6.45, 7) is 4.84. The molecule has 0 saturated carbocycles. The van der Waals surface area contributed by atoms with Crippen LogP contribution < -0.4 is 10.1 Å². The predicted octanol–water partition coefficient (Wildman–Crippen LogP) is 3.05. The van der Waals surface area contributed by atoms with Crippen molar-refractivity contribution in [2.24, 2.45) is 0 Å². The highest BCUT2D eigenvalue weighted by atomic mass is 16.5. The molecule has 3 aliphatic heterocycles. The van der Waals surface area contributed by atoms with Gasteiger partial charge in [0.2, 0.25) is 5.91 Å². The Morgan fingerprint density at radius 3 is 2.59 bits per heavy atom. The third kappa shape index (κ3) is 4.98. The normalized spacial score (nSPS) is 25.2. The smallest absolute Gasteiger partial charge is 0.224 e. The molecule has 3 aliphatic rings. The van der Waals surface area contributed by atoms with Crippen LogP contribution in [0.4, 0.5) is 5.69 Å². The molecule has 0 radical (unpaired) electrons. The van der Waals surface area contributed by atoms with E-state index in [1.54, 1.807) is 0 Å². The minimum Gasteiger partial charge on any atom is -0.488 e. The molecular weight excluding hydrogens is 402 g/mol. The van der Waals surface area contributed by atoms with Gasteiger partial charge in [-0.2, -0.15) is 0 Å². The fourth-order valence-corrected chi connectivity index (χ4v) is 5.29. The fraction of sp³-hybridized carbons (Fsp3) is 0.500. The Bertz CT molecular complexity index is 927. The van der Waals surface area contributed by atoms with E-state index in [0.29, 0.717) is 19.0 Å². The number of aryl methyl sites for hydroxylation is 1. The van der Waals surface area contributed by atoms with Crippen molar-refractivity contribution < 1.29 is 14.6 Å². The van der Waals surface area contributed by atoms with E-state index in [1.807, 2.05) is 18.2 Å². The Morgan fingerprint density at radius 1 is 1.00 bits per heavy atom. The molecule has 0 unspecified atom stereocenters. The van der Waals surface area contributed by atoms with Gasteiger partial charge in [-0.3, -0.25) is 14.6 Å². The van der Waals surface area contributed by atoms with Crippen LogP contribution in [0.2, 0.25) is 0 Å². The number of rotatable bonds is 5. The molecule has 0 bridgehead atoms. The number of fused-ring (bicyclic) bond motifs is 1. The van der Waals surface area contributed by atoms with Crippen LogP contribution >= 0.6 is 0 Å². The van der Waals surface area contributed by atoms with Crippen molar-refractivity contribution in [3.8, 4) is 5.75 Å². The molecule has 2 fully saturated rings. The molecule has 0 aromatic heterocycles. The zero-order chi connectivity index (χ0) is 21.9. The highest BCUT2D eigenvalue weighted by Crippen LogP contribution is 2.30. The molecule has 2 saturated heterocycles. The number of hydrogen-bond acceptors (Lipinski definition) is 5. The van der Waals surface area contributed by atoms with Crippen molar-refractivity contribution >= 4 is 11.6 Å². The first kappa shape index (κ1) is 21.4. The number of nitrogens with zero attached hydrogens (tertiary/aromatic N) is 2. The molecule has 2 aromatic carbocycles. The number of nitrogens with one attached hydrogen (secondary N) is 1. The fourth-order valence-electron chi connectivity index (χ4n) is 5.29. The number of hydrogen-bond donors (Lipinski definition) is 2. The van der Waals surface area contributed by atoms with Gasteiger partial charge < -0.3 is 15.2 Å². The molecule has 32 heavy (non-hydrogen) atoms. The number of ether oxygens (including phenoxy) is 1. The lowest BCUT2D eigenvalue weighted by atomic mass is 9.97. The lowest BCUT2D eigenvalue weighted by molar-refractivity contribution is -0.116. The molecule has 3 heterocycles. The first-order chi connectivity index (χ1) is 15.6. The number of anilines is 1. The average molecular weight is 436 g/mol. The number of piperidine rings is 2. The number of carbonyl (C=O) groups is 1. The highest BCUT2D eigenvalue weighted by Gasteiger charge is 2.34. The molecule has 5 rings (SSSR count). The maximum atomic E-state index is 11.7. The van der Waals surface area contributed by atoms with Crippen molar-refractivity contribution in [1.82, 2.24) is 9.80 Å². The van der Waals surface area contributed by atoms with Gasteiger partial charge in [0.05, 0.1) is 0 Å². The minimum absolute atomic E-state index is 0.0535. The molecule has 2 N–H and O–H groups in total. The van der Waals surface area contributed by atoms with Gasteiger partial charge in [0.1, 0.15) is 18.0 Å². The SMILES string of the molecule is O=C1CCc2ccc(O[C@@H]3CCN(C4CCN(Cc5ccccc5)CC4)C[C@H]3O)cc2N1. The number of carbonyl (C=O) groups excluding carboxylic acids is 1. The summed E-state index contributed by atoms with van der Waals surface area (Å²) in [7, 11) is 0. The predicted molar refractivity (Wildman–Crippen MR) is 125 cm³/mol. The number of amides is 1. The molecule has 0 aliphatic carbocycles. The molecule has 2 atom stereocenters. The van der Waals surface area contributed by atoms with Crippen LogP contribution in [0.15, 0.2) is 48.5 Å². The molecule has 2 aromatic rings. The third-order valence-electron chi connectivity index (χ3n) is 7.14. The maximum Gasteiger partial charge on any atom is 0.224 e. The number of likely N-dealkylation sites (tertiary alicyclic amines) is 2. The van der Waals surface area contributed by atoms with E-state index in [0.717, 1.165) is 68.9 Å². The molecule has 6 nitrogen and oxygen atoms in total. The van der Waals surface area contributed by atoms with Gasteiger partial charge in [0.15, 0.2) is 0 Å². The first-order valence-corrected chi connectivity index (χ1v) is 11.9. The number of β-amino-alcohol motifs (C(OH)–C–C–N with tert-alkyl or cyclic N) is 1. The van der Waals surface area contributed by atoms with E-state index in [-0.39, 0.29) is 12.0 Å². The van der Waals surface area contributed by atoms with Crippen molar-refractivity contribution in [2.75, 3.05) is 31.5 Å². The molecule has 6 heteroatoms. The van der Waals surface area contributed by atoms with Gasteiger partial charge >= 0.3 is 0 Å². The molecule has 170 valence electrons. The third-order valence-corrected chi connectivity index (χ3v) is 7.14. The van der Waals surface area contributed by atoms with Gasteiger partial charge in [0.25, 0.3) is 0 Å². The Labute approximate surface area is 190 Å². The van der Waals surface area contributed by atoms with Gasteiger partial charge in [-0.25, -0.2) is 0 Å². The standard InChI is InChI=1S/C26H33N3O3/c30-24-18-29(21-10-13-28(14-11-21)17-19-4-2-1-3-5-19)15-12-25(24)32-22-8-6-20-7-9-26(31)27-23(20)16-22/h1-6,8,16,21,24-25,30H,7,9-15,17-18H2,(H,27,31)/t24-,25-/m1/s1. The second-order valence-electron chi connectivity index (χ2n) is 9.37. The van der Waals surface area contributed by atoms with Crippen LogP contribution in [0, 0.1) is 0 Å². The van der Waals surface area contributed by atoms with Gasteiger partial charge in [0, 0.05) is 43.9 Å². The minimum atomic E-state index is -0.503. The topological polar surface area (TPSA) is 65.0 Å². The Morgan fingerprint density at radius 2 is 1.81 bits per heavy atom. The second kappa shape index (κ2) is 9.61. The summed E-state index contributed by atoms with van der Waals surface area (Å²) in [6.07, 6.45) is 3.71. The van der Waals surface area contributed by atoms with Crippen molar-refractivity contribution in [3.63, 3.8) is 0 Å². The summed E-state index contributed by atoms with van der Waals surface area (Å²) in [6, 6.07) is 17.1. The number of benzene rings is 2. The van der Waals surface area contributed by atoms with Crippen LogP contribution in [-0.4, -0.2) is 65.2 Å². The van der Waals surface area contributed by atoms with Crippen LogP contribution in [-0.2, 0) is 17.8 Å². The zero-order valence-electron chi connectivity index (χ0n) is 18.6. The lowest BCUT2D eigenvalue weighted by Crippen LogP contribution is -2.54. The zero-order valence-corrected chi connectivity index (χ0v) is 18.6. The maximum absolute atomic E-state index is 11.7. The molecule has 0 spiro atoms. The highest BCUT2D eigenvalue weighted by molar-refractivity contribution is 5.94. The summed E-state index contributed by atoms with van der Waals surface area (Å²) in [4.78, 5) is 16.7. The van der Waals surface area contributed by atoms with Crippen LogP contribution in [0.1, 0.15) is 36.8 Å². The van der Waals surface area contributed by atoms with E-state index in [2.05, 4.69) is 45.4 Å². The van der Waals surface area contributed by atoms with Crippen molar-refractivity contribution in [3.05, 3.63) is 59.7 Å². The second-order valence-corrected chi connectivity index (χ2v) is 9.37.